The zero-order chi connectivity index (χ0) is 21.0. The Morgan fingerprint density at radius 3 is 2.66 bits per heavy atom. The third-order valence-corrected chi connectivity index (χ3v) is 4.59. The predicted molar refractivity (Wildman–Crippen MR) is 90.9 cm³/mol. The van der Waals surface area contributed by atoms with Gasteiger partial charge in [0.05, 0.1) is 12.2 Å². The zero-order valence-electron chi connectivity index (χ0n) is 15.3. The number of halogens is 4. The summed E-state index contributed by atoms with van der Waals surface area (Å²) in [4.78, 5) is 24.9. The molecule has 0 aromatic heterocycles. The lowest BCUT2D eigenvalue weighted by molar-refractivity contribution is -0.137. The summed E-state index contributed by atoms with van der Waals surface area (Å²) in [7, 11) is 0. The molecule has 1 N–H and O–H groups in total. The highest BCUT2D eigenvalue weighted by molar-refractivity contribution is 5.69. The summed E-state index contributed by atoms with van der Waals surface area (Å²) in [6.07, 6.45) is -5.49. The highest BCUT2D eigenvalue weighted by Gasteiger charge is 2.36. The van der Waals surface area contributed by atoms with Gasteiger partial charge >= 0.3 is 18.4 Å². The van der Waals surface area contributed by atoms with E-state index in [0.717, 1.165) is 12.1 Å². The fraction of sp³-hybridized carbons (Fsp3) is 0.556. The molecule has 1 aliphatic heterocycles. The smallest absolute Gasteiger partial charge is 0.416 e. The number of carbonyl (C=O) groups excluding carboxylic acids is 2. The second-order valence-corrected chi connectivity index (χ2v) is 6.76. The van der Waals surface area contributed by atoms with Crippen molar-refractivity contribution in [2.24, 2.45) is 0 Å². The van der Waals surface area contributed by atoms with Gasteiger partial charge in [0, 0.05) is 32.5 Å². The number of cyclic esters (lactones) is 1. The van der Waals surface area contributed by atoms with Crippen LogP contribution in [0.4, 0.5) is 27.2 Å². The van der Waals surface area contributed by atoms with Crippen molar-refractivity contribution < 1.29 is 41.4 Å². The lowest BCUT2D eigenvalue weighted by atomic mass is 9.92. The molecular weight excluding hydrogens is 400 g/mol. The second kappa shape index (κ2) is 8.75. The lowest BCUT2D eigenvalue weighted by Gasteiger charge is -2.36. The number of amides is 2. The Balaban J connectivity index is 1.45. The van der Waals surface area contributed by atoms with Crippen LogP contribution >= 0.6 is 0 Å². The standard InChI is InChI=1S/C18H20F4N2O5/c19-14-8-11(18(20,21)22)2-3-15(14)28-12-9-13(10-12)29-17(26)24-5-1-7-27-16(25)23-4-6-24/h2-3,8,12-13H,1,4-7,9-10H2,(H,23,25)/t12-,13+. The molecule has 1 saturated heterocycles. The molecule has 11 heteroatoms. The molecule has 2 aliphatic rings. The van der Waals surface area contributed by atoms with Gasteiger partial charge in [-0.1, -0.05) is 0 Å². The third-order valence-electron chi connectivity index (χ3n) is 4.59. The van der Waals surface area contributed by atoms with Gasteiger partial charge in [-0.3, -0.25) is 0 Å². The summed E-state index contributed by atoms with van der Waals surface area (Å²) in [5.41, 5.74) is -1.09. The van der Waals surface area contributed by atoms with Crippen LogP contribution in [0.25, 0.3) is 0 Å². The normalized spacial score (nSPS) is 22.9. The van der Waals surface area contributed by atoms with E-state index in [1.807, 2.05) is 0 Å². The minimum atomic E-state index is -4.63. The van der Waals surface area contributed by atoms with Gasteiger partial charge in [0.2, 0.25) is 0 Å². The molecule has 3 rings (SSSR count). The molecule has 29 heavy (non-hydrogen) atoms. The van der Waals surface area contributed by atoms with E-state index >= 15 is 0 Å². The van der Waals surface area contributed by atoms with E-state index in [9.17, 15) is 27.2 Å². The van der Waals surface area contributed by atoms with Gasteiger partial charge in [-0.05, 0) is 24.6 Å². The van der Waals surface area contributed by atoms with Gasteiger partial charge in [-0.25, -0.2) is 14.0 Å². The number of rotatable bonds is 3. The van der Waals surface area contributed by atoms with Crippen molar-refractivity contribution in [2.45, 2.75) is 37.6 Å². The Morgan fingerprint density at radius 1 is 1.21 bits per heavy atom. The van der Waals surface area contributed by atoms with Crippen molar-refractivity contribution in [1.82, 2.24) is 10.2 Å². The molecule has 0 bridgehead atoms. The highest BCUT2D eigenvalue weighted by atomic mass is 19.4. The molecule has 160 valence electrons. The summed E-state index contributed by atoms with van der Waals surface area (Å²) in [5, 5.41) is 2.51. The van der Waals surface area contributed by atoms with Crippen LogP contribution in [0.1, 0.15) is 24.8 Å². The number of alkyl halides is 3. The minimum Gasteiger partial charge on any atom is -0.487 e. The zero-order valence-corrected chi connectivity index (χ0v) is 15.3. The molecule has 0 unspecified atom stereocenters. The molecule has 2 amide bonds. The molecule has 0 atom stereocenters. The maximum Gasteiger partial charge on any atom is 0.416 e. The van der Waals surface area contributed by atoms with E-state index in [1.54, 1.807) is 0 Å². The Hall–Kier alpha value is -2.72. The number of ether oxygens (including phenoxy) is 3. The molecule has 1 aliphatic carbocycles. The van der Waals surface area contributed by atoms with Crippen LogP contribution in [0.2, 0.25) is 0 Å². The first-order valence-electron chi connectivity index (χ1n) is 9.12. The van der Waals surface area contributed by atoms with E-state index < -0.39 is 42.0 Å². The Bertz CT molecular complexity index is 752. The van der Waals surface area contributed by atoms with Gasteiger partial charge in [0.25, 0.3) is 0 Å². The summed E-state index contributed by atoms with van der Waals surface area (Å²) in [5.74, 6) is -1.37. The third kappa shape index (κ3) is 5.64. The van der Waals surface area contributed by atoms with Crippen LogP contribution in [-0.2, 0) is 15.7 Å². The number of hydrogen-bond acceptors (Lipinski definition) is 5. The van der Waals surface area contributed by atoms with Gasteiger partial charge in [-0.15, -0.1) is 0 Å². The van der Waals surface area contributed by atoms with Crippen LogP contribution in [0.5, 0.6) is 5.75 Å². The van der Waals surface area contributed by atoms with Crippen LogP contribution in [0, 0.1) is 5.82 Å². The van der Waals surface area contributed by atoms with Crippen molar-refractivity contribution in [3.8, 4) is 5.75 Å². The number of benzene rings is 1. The monoisotopic (exact) mass is 420 g/mol. The van der Waals surface area contributed by atoms with E-state index in [0.29, 0.717) is 31.9 Å². The van der Waals surface area contributed by atoms with E-state index in [-0.39, 0.29) is 25.4 Å². The molecule has 2 fully saturated rings. The molecule has 1 heterocycles. The van der Waals surface area contributed by atoms with Crippen LogP contribution in [-0.4, -0.2) is 55.5 Å². The number of carbonyl (C=O) groups is 2. The van der Waals surface area contributed by atoms with Crippen molar-refractivity contribution in [3.63, 3.8) is 0 Å². The fourth-order valence-corrected chi connectivity index (χ4v) is 2.94. The van der Waals surface area contributed by atoms with Gasteiger partial charge < -0.3 is 24.4 Å². The molecular formula is C18H20F4N2O5. The van der Waals surface area contributed by atoms with Crippen LogP contribution in [0.15, 0.2) is 18.2 Å². The molecule has 1 aromatic rings. The highest BCUT2D eigenvalue weighted by Crippen LogP contribution is 2.34. The maximum atomic E-state index is 13.8. The molecule has 0 radical (unpaired) electrons. The minimum absolute atomic E-state index is 0.188. The average molecular weight is 420 g/mol. The van der Waals surface area contributed by atoms with Crippen LogP contribution < -0.4 is 10.1 Å². The SMILES string of the molecule is O=C1NCCN(C(=O)O[C@H]2C[C@@H](Oc3ccc(C(F)(F)F)cc3F)C2)CCCO1. The number of nitrogens with one attached hydrogen (secondary N) is 1. The number of hydrogen-bond donors (Lipinski definition) is 1. The topological polar surface area (TPSA) is 77.1 Å². The second-order valence-electron chi connectivity index (χ2n) is 6.76. The Kier molecular flexibility index (Phi) is 6.33. The van der Waals surface area contributed by atoms with E-state index in [1.165, 1.54) is 4.90 Å². The predicted octanol–water partition coefficient (Wildman–Crippen LogP) is 3.32. The van der Waals surface area contributed by atoms with Crippen molar-refractivity contribution in [3.05, 3.63) is 29.6 Å². The number of alkyl carbamates (subject to hydrolysis) is 1. The first kappa shape index (κ1) is 21.0. The molecule has 1 aromatic carbocycles. The van der Waals surface area contributed by atoms with E-state index in [4.69, 9.17) is 14.2 Å². The summed E-state index contributed by atoms with van der Waals surface area (Å²) < 4.78 is 67.1. The summed E-state index contributed by atoms with van der Waals surface area (Å²) >= 11 is 0. The van der Waals surface area contributed by atoms with Crippen molar-refractivity contribution in [2.75, 3.05) is 26.2 Å². The van der Waals surface area contributed by atoms with Gasteiger partial charge in [0.1, 0.15) is 12.2 Å². The first-order valence-corrected chi connectivity index (χ1v) is 9.12. The summed E-state index contributed by atoms with van der Waals surface area (Å²) in [6.45, 7) is 1.07. The summed E-state index contributed by atoms with van der Waals surface area (Å²) in [6, 6.07) is 2.08. The lowest BCUT2D eigenvalue weighted by Crippen LogP contribution is -2.45. The van der Waals surface area contributed by atoms with Crippen LogP contribution in [0.3, 0.4) is 0 Å². The van der Waals surface area contributed by atoms with Gasteiger partial charge in [-0.2, -0.15) is 13.2 Å². The maximum absolute atomic E-state index is 13.8. The fourth-order valence-electron chi connectivity index (χ4n) is 2.94. The average Bonchev–Trinajstić information content (AvgIpc) is 2.72. The van der Waals surface area contributed by atoms with Crippen molar-refractivity contribution in [1.29, 1.82) is 0 Å². The van der Waals surface area contributed by atoms with Gasteiger partial charge in [0.15, 0.2) is 11.6 Å². The van der Waals surface area contributed by atoms with E-state index in [2.05, 4.69) is 5.32 Å². The van der Waals surface area contributed by atoms with Crippen molar-refractivity contribution >= 4 is 12.2 Å². The Labute approximate surface area is 163 Å². The largest absolute Gasteiger partial charge is 0.487 e. The first-order chi connectivity index (χ1) is 13.7. The number of nitrogens with zero attached hydrogens (tertiary/aromatic N) is 1. The molecule has 0 spiro atoms. The Morgan fingerprint density at radius 2 is 1.97 bits per heavy atom. The molecule has 1 saturated carbocycles. The molecule has 7 nitrogen and oxygen atoms in total. The quantitative estimate of drug-likeness (QED) is 0.760.